The number of hydrogen-bond acceptors (Lipinski definition) is 2. The molecule has 0 fully saturated rings. The van der Waals surface area contributed by atoms with Crippen LogP contribution in [0, 0.1) is 6.92 Å². The first-order chi connectivity index (χ1) is 10.4. The van der Waals surface area contributed by atoms with Crippen LogP contribution in [0.15, 0.2) is 42.6 Å². The van der Waals surface area contributed by atoms with E-state index in [1.807, 2.05) is 37.3 Å². The SMILES string of the molecule is Cc1cccc(C(C)(C)C)c1NC(=O)NCc1ccccn1. The standard InChI is InChI=1S/C18H23N3O/c1-13-8-7-10-15(18(2,3)4)16(13)21-17(22)20-12-14-9-5-6-11-19-14/h5-11H,12H2,1-4H3,(H2,20,21,22). The lowest BCUT2D eigenvalue weighted by molar-refractivity contribution is 0.251. The summed E-state index contributed by atoms with van der Waals surface area (Å²) in [6.07, 6.45) is 1.72. The molecular weight excluding hydrogens is 274 g/mol. The molecule has 2 rings (SSSR count). The number of hydrogen-bond donors (Lipinski definition) is 2. The Bertz CT molecular complexity index is 645. The van der Waals surface area contributed by atoms with E-state index in [9.17, 15) is 4.79 Å². The van der Waals surface area contributed by atoms with E-state index in [0.717, 1.165) is 22.5 Å². The van der Waals surface area contributed by atoms with Crippen molar-refractivity contribution in [2.45, 2.75) is 39.7 Å². The zero-order valence-corrected chi connectivity index (χ0v) is 13.6. The highest BCUT2D eigenvalue weighted by Gasteiger charge is 2.20. The molecule has 0 bridgehead atoms. The lowest BCUT2D eigenvalue weighted by Crippen LogP contribution is -2.30. The molecule has 116 valence electrons. The Kier molecular flexibility index (Phi) is 4.81. The molecule has 0 unspecified atom stereocenters. The van der Waals surface area contributed by atoms with Crippen LogP contribution in [-0.4, -0.2) is 11.0 Å². The Balaban J connectivity index is 2.09. The van der Waals surface area contributed by atoms with Gasteiger partial charge in [0.25, 0.3) is 0 Å². The normalized spacial score (nSPS) is 11.1. The third-order valence-electron chi connectivity index (χ3n) is 3.48. The van der Waals surface area contributed by atoms with Crippen molar-refractivity contribution in [3.8, 4) is 0 Å². The van der Waals surface area contributed by atoms with Crippen molar-refractivity contribution in [1.82, 2.24) is 10.3 Å². The number of nitrogens with zero attached hydrogens (tertiary/aromatic N) is 1. The van der Waals surface area contributed by atoms with Gasteiger partial charge < -0.3 is 10.6 Å². The van der Waals surface area contributed by atoms with Gasteiger partial charge in [-0.2, -0.15) is 0 Å². The summed E-state index contributed by atoms with van der Waals surface area (Å²) in [6, 6.07) is 11.5. The van der Waals surface area contributed by atoms with Gasteiger partial charge in [0.05, 0.1) is 12.2 Å². The second kappa shape index (κ2) is 6.60. The Hall–Kier alpha value is -2.36. The van der Waals surface area contributed by atoms with Crippen molar-refractivity contribution in [3.63, 3.8) is 0 Å². The number of rotatable bonds is 3. The summed E-state index contributed by atoms with van der Waals surface area (Å²) >= 11 is 0. The average molecular weight is 297 g/mol. The summed E-state index contributed by atoms with van der Waals surface area (Å²) in [4.78, 5) is 16.4. The van der Waals surface area contributed by atoms with E-state index in [0.29, 0.717) is 6.54 Å². The van der Waals surface area contributed by atoms with E-state index < -0.39 is 0 Å². The summed E-state index contributed by atoms with van der Waals surface area (Å²) in [6.45, 7) is 8.82. The molecule has 4 nitrogen and oxygen atoms in total. The summed E-state index contributed by atoms with van der Waals surface area (Å²) in [5.74, 6) is 0. The molecule has 0 radical (unpaired) electrons. The van der Waals surface area contributed by atoms with Crippen molar-refractivity contribution in [2.75, 3.05) is 5.32 Å². The van der Waals surface area contributed by atoms with E-state index in [2.05, 4.69) is 42.5 Å². The maximum atomic E-state index is 12.2. The zero-order chi connectivity index (χ0) is 16.2. The highest BCUT2D eigenvalue weighted by atomic mass is 16.2. The molecule has 0 aliphatic heterocycles. The second-order valence-electron chi connectivity index (χ2n) is 6.38. The number of benzene rings is 1. The number of carbonyl (C=O) groups is 1. The summed E-state index contributed by atoms with van der Waals surface area (Å²) in [5, 5.41) is 5.82. The van der Waals surface area contributed by atoms with E-state index in [1.165, 1.54) is 0 Å². The number of urea groups is 1. The molecule has 2 amide bonds. The molecular formula is C18H23N3O. The van der Waals surface area contributed by atoms with Crippen molar-refractivity contribution >= 4 is 11.7 Å². The first-order valence-corrected chi connectivity index (χ1v) is 7.43. The van der Waals surface area contributed by atoms with Crippen molar-refractivity contribution in [1.29, 1.82) is 0 Å². The van der Waals surface area contributed by atoms with Crippen LogP contribution < -0.4 is 10.6 Å². The van der Waals surface area contributed by atoms with E-state index in [1.54, 1.807) is 6.20 Å². The largest absolute Gasteiger partial charge is 0.332 e. The number of nitrogens with one attached hydrogen (secondary N) is 2. The number of pyridine rings is 1. The number of aryl methyl sites for hydroxylation is 1. The van der Waals surface area contributed by atoms with Gasteiger partial charge in [-0.15, -0.1) is 0 Å². The molecule has 0 aliphatic carbocycles. The van der Waals surface area contributed by atoms with Crippen LogP contribution in [-0.2, 0) is 12.0 Å². The number of amides is 2. The predicted molar refractivity (Wildman–Crippen MR) is 90.0 cm³/mol. The minimum atomic E-state index is -0.217. The molecule has 1 aromatic carbocycles. The van der Waals surface area contributed by atoms with Crippen molar-refractivity contribution in [2.24, 2.45) is 0 Å². The molecule has 0 atom stereocenters. The van der Waals surface area contributed by atoms with Crippen LogP contribution in [0.4, 0.5) is 10.5 Å². The van der Waals surface area contributed by atoms with Gasteiger partial charge in [-0.05, 0) is 35.6 Å². The van der Waals surface area contributed by atoms with Gasteiger partial charge in [0, 0.05) is 11.9 Å². The van der Waals surface area contributed by atoms with Crippen LogP contribution in [0.1, 0.15) is 37.6 Å². The Morgan fingerprint density at radius 3 is 2.55 bits per heavy atom. The maximum absolute atomic E-state index is 12.2. The van der Waals surface area contributed by atoms with E-state index in [4.69, 9.17) is 0 Å². The Morgan fingerprint density at radius 1 is 1.14 bits per heavy atom. The number of anilines is 1. The van der Waals surface area contributed by atoms with Crippen LogP contribution in [0.25, 0.3) is 0 Å². The quantitative estimate of drug-likeness (QED) is 0.899. The number of carbonyl (C=O) groups excluding carboxylic acids is 1. The Labute approximate surface area is 132 Å². The molecule has 22 heavy (non-hydrogen) atoms. The smallest absolute Gasteiger partial charge is 0.319 e. The van der Waals surface area contributed by atoms with Crippen molar-refractivity contribution in [3.05, 3.63) is 59.4 Å². The lowest BCUT2D eigenvalue weighted by Gasteiger charge is -2.24. The van der Waals surface area contributed by atoms with Gasteiger partial charge >= 0.3 is 6.03 Å². The fraction of sp³-hybridized carbons (Fsp3) is 0.333. The van der Waals surface area contributed by atoms with Gasteiger partial charge in [0.2, 0.25) is 0 Å². The van der Waals surface area contributed by atoms with E-state index >= 15 is 0 Å². The summed E-state index contributed by atoms with van der Waals surface area (Å²) < 4.78 is 0. The number of para-hydroxylation sites is 1. The van der Waals surface area contributed by atoms with Crippen molar-refractivity contribution < 1.29 is 4.79 Å². The number of aromatic nitrogens is 1. The lowest BCUT2D eigenvalue weighted by atomic mass is 9.84. The molecule has 0 saturated carbocycles. The molecule has 2 N–H and O–H groups in total. The molecule has 0 aliphatic rings. The topological polar surface area (TPSA) is 54.0 Å². The van der Waals surface area contributed by atoms with Gasteiger partial charge in [0.1, 0.15) is 0 Å². The average Bonchev–Trinajstić information content (AvgIpc) is 2.47. The van der Waals surface area contributed by atoms with Gasteiger partial charge in [-0.3, -0.25) is 4.98 Å². The highest BCUT2D eigenvalue weighted by Crippen LogP contribution is 2.31. The van der Waals surface area contributed by atoms with Crippen LogP contribution in [0.3, 0.4) is 0 Å². The third kappa shape index (κ3) is 4.07. The molecule has 4 heteroatoms. The van der Waals surface area contributed by atoms with Gasteiger partial charge in [-0.25, -0.2) is 4.79 Å². The second-order valence-corrected chi connectivity index (χ2v) is 6.38. The fourth-order valence-electron chi connectivity index (χ4n) is 2.29. The van der Waals surface area contributed by atoms with Crippen LogP contribution >= 0.6 is 0 Å². The molecule has 0 spiro atoms. The fourth-order valence-corrected chi connectivity index (χ4v) is 2.29. The third-order valence-corrected chi connectivity index (χ3v) is 3.48. The monoisotopic (exact) mass is 297 g/mol. The van der Waals surface area contributed by atoms with Gasteiger partial charge in [0.15, 0.2) is 0 Å². The Morgan fingerprint density at radius 2 is 1.91 bits per heavy atom. The maximum Gasteiger partial charge on any atom is 0.319 e. The first kappa shape index (κ1) is 16.0. The first-order valence-electron chi connectivity index (χ1n) is 7.43. The van der Waals surface area contributed by atoms with Crippen LogP contribution in [0.5, 0.6) is 0 Å². The molecule has 1 heterocycles. The molecule has 1 aromatic heterocycles. The minimum Gasteiger partial charge on any atom is -0.332 e. The predicted octanol–water partition coefficient (Wildman–Crippen LogP) is 4.01. The highest BCUT2D eigenvalue weighted by molar-refractivity contribution is 5.91. The van der Waals surface area contributed by atoms with E-state index in [-0.39, 0.29) is 11.4 Å². The zero-order valence-electron chi connectivity index (χ0n) is 13.6. The van der Waals surface area contributed by atoms with Gasteiger partial charge in [-0.1, -0.05) is 45.0 Å². The van der Waals surface area contributed by atoms with Crippen LogP contribution in [0.2, 0.25) is 0 Å². The molecule has 0 saturated heterocycles. The minimum absolute atomic E-state index is 0.0321. The molecule has 2 aromatic rings. The summed E-state index contributed by atoms with van der Waals surface area (Å²) in [7, 11) is 0. The summed E-state index contributed by atoms with van der Waals surface area (Å²) in [5.41, 5.74) is 3.86.